The van der Waals surface area contributed by atoms with Gasteiger partial charge in [0.25, 0.3) is 5.91 Å². The van der Waals surface area contributed by atoms with Crippen molar-refractivity contribution in [2.45, 2.75) is 13.3 Å². The maximum atomic E-state index is 12.3. The fraction of sp³-hybridized carbons (Fsp3) is 0.545. The molecule has 1 aromatic heterocycles. The summed E-state index contributed by atoms with van der Waals surface area (Å²) in [6.45, 7) is 4.32. The highest BCUT2D eigenvalue weighted by Gasteiger charge is 2.35. The van der Waals surface area contributed by atoms with Gasteiger partial charge in [0.2, 0.25) is 0 Å². The van der Waals surface area contributed by atoms with Crippen LogP contribution in [0.15, 0.2) is 13.6 Å². The lowest BCUT2D eigenvalue weighted by atomic mass is 9.90. The van der Waals surface area contributed by atoms with Crippen molar-refractivity contribution in [2.75, 3.05) is 19.6 Å². The number of hydrogen-bond donors (Lipinski definition) is 1. The molecule has 1 saturated heterocycles. The zero-order chi connectivity index (χ0) is 12.6. The fourth-order valence-corrected chi connectivity index (χ4v) is 4.80. The van der Waals surface area contributed by atoms with Crippen LogP contribution in [0.3, 0.4) is 0 Å². The lowest BCUT2D eigenvalue weighted by Gasteiger charge is -2.22. The van der Waals surface area contributed by atoms with Gasteiger partial charge < -0.3 is 10.6 Å². The number of thiophene rings is 1. The van der Waals surface area contributed by atoms with Gasteiger partial charge in [-0.1, -0.05) is 6.92 Å². The molecule has 94 valence electrons. The van der Waals surface area contributed by atoms with Gasteiger partial charge in [0.1, 0.15) is 0 Å². The van der Waals surface area contributed by atoms with E-state index in [4.69, 9.17) is 5.73 Å². The number of halogens is 2. The fourth-order valence-electron chi connectivity index (χ4n) is 2.02. The molecular formula is C11H14Br2N2OS. The van der Waals surface area contributed by atoms with E-state index in [0.29, 0.717) is 6.54 Å². The van der Waals surface area contributed by atoms with Gasteiger partial charge in [0.05, 0.1) is 13.1 Å². The largest absolute Gasteiger partial charge is 0.338 e. The summed E-state index contributed by atoms with van der Waals surface area (Å²) in [6, 6.07) is 1.87. The number of hydrogen-bond acceptors (Lipinski definition) is 3. The summed E-state index contributed by atoms with van der Waals surface area (Å²) in [5.74, 6) is 0.0935. The summed E-state index contributed by atoms with van der Waals surface area (Å²) in [5, 5.41) is 0. The highest BCUT2D eigenvalue weighted by Crippen LogP contribution is 2.35. The van der Waals surface area contributed by atoms with Crippen molar-refractivity contribution < 1.29 is 4.79 Å². The highest BCUT2D eigenvalue weighted by molar-refractivity contribution is 9.12. The van der Waals surface area contributed by atoms with E-state index in [-0.39, 0.29) is 11.3 Å². The van der Waals surface area contributed by atoms with E-state index in [9.17, 15) is 4.79 Å². The summed E-state index contributed by atoms with van der Waals surface area (Å²) >= 11 is 8.34. The zero-order valence-corrected chi connectivity index (χ0v) is 13.5. The van der Waals surface area contributed by atoms with Gasteiger partial charge >= 0.3 is 0 Å². The molecule has 17 heavy (non-hydrogen) atoms. The third-order valence-electron chi connectivity index (χ3n) is 3.22. The topological polar surface area (TPSA) is 46.3 Å². The quantitative estimate of drug-likeness (QED) is 0.855. The first-order valence-corrected chi connectivity index (χ1v) is 7.80. The number of rotatable bonds is 2. The first-order valence-electron chi connectivity index (χ1n) is 5.39. The average Bonchev–Trinajstić information content (AvgIpc) is 2.82. The molecule has 3 nitrogen and oxygen atoms in total. The third-order valence-corrected chi connectivity index (χ3v) is 5.56. The highest BCUT2D eigenvalue weighted by atomic mass is 79.9. The second-order valence-electron chi connectivity index (χ2n) is 4.73. The molecule has 0 saturated carbocycles. The summed E-state index contributed by atoms with van der Waals surface area (Å²) in [7, 11) is 0. The standard InChI is InChI=1S/C11H14Br2N2OS/c1-11(5-14)2-3-15(6-11)10(16)7-4-8(12)17-9(7)13/h4H,2-3,5-6,14H2,1H3. The van der Waals surface area contributed by atoms with Crippen LogP contribution in [0.5, 0.6) is 0 Å². The Morgan fingerprint density at radius 3 is 2.82 bits per heavy atom. The molecule has 1 unspecified atom stereocenters. The van der Waals surface area contributed by atoms with E-state index in [2.05, 4.69) is 38.8 Å². The molecule has 1 aliphatic rings. The SMILES string of the molecule is CC1(CN)CCN(C(=O)c2cc(Br)sc2Br)C1. The molecule has 2 rings (SSSR count). The maximum Gasteiger partial charge on any atom is 0.255 e. The van der Waals surface area contributed by atoms with Crippen LogP contribution < -0.4 is 5.73 Å². The van der Waals surface area contributed by atoms with E-state index in [1.165, 1.54) is 11.3 Å². The molecular weight excluding hydrogens is 368 g/mol. The number of nitrogens with two attached hydrogens (primary N) is 1. The summed E-state index contributed by atoms with van der Waals surface area (Å²) in [5.41, 5.74) is 6.57. The van der Waals surface area contributed by atoms with E-state index < -0.39 is 0 Å². The van der Waals surface area contributed by atoms with Crippen molar-refractivity contribution >= 4 is 49.1 Å². The Bertz CT molecular complexity index is 449. The molecule has 6 heteroatoms. The number of nitrogens with zero attached hydrogens (tertiary/aromatic N) is 1. The average molecular weight is 382 g/mol. The van der Waals surface area contributed by atoms with Crippen molar-refractivity contribution in [3.8, 4) is 0 Å². The smallest absolute Gasteiger partial charge is 0.255 e. The van der Waals surface area contributed by atoms with Crippen LogP contribution in [-0.4, -0.2) is 30.4 Å². The minimum atomic E-state index is 0.0788. The molecule has 1 atom stereocenters. The Morgan fingerprint density at radius 1 is 1.65 bits per heavy atom. The van der Waals surface area contributed by atoms with E-state index >= 15 is 0 Å². The van der Waals surface area contributed by atoms with Crippen molar-refractivity contribution in [3.63, 3.8) is 0 Å². The Labute approximate surface area is 122 Å². The van der Waals surface area contributed by atoms with Crippen LogP contribution in [0.4, 0.5) is 0 Å². The molecule has 0 radical (unpaired) electrons. The van der Waals surface area contributed by atoms with Crippen molar-refractivity contribution in [3.05, 3.63) is 19.2 Å². The lowest BCUT2D eigenvalue weighted by molar-refractivity contribution is 0.0776. The Morgan fingerprint density at radius 2 is 2.35 bits per heavy atom. The van der Waals surface area contributed by atoms with Gasteiger partial charge in [0, 0.05) is 13.1 Å². The molecule has 0 aromatic carbocycles. The van der Waals surface area contributed by atoms with Gasteiger partial charge in [-0.25, -0.2) is 0 Å². The molecule has 0 bridgehead atoms. The predicted octanol–water partition coefficient (Wildman–Crippen LogP) is 3.08. The zero-order valence-electron chi connectivity index (χ0n) is 9.50. The van der Waals surface area contributed by atoms with E-state index in [1.807, 2.05) is 11.0 Å². The van der Waals surface area contributed by atoms with Gasteiger partial charge in [-0.15, -0.1) is 11.3 Å². The molecule has 0 aliphatic carbocycles. The number of carbonyl (C=O) groups is 1. The van der Waals surface area contributed by atoms with Crippen LogP contribution >= 0.6 is 43.2 Å². The second kappa shape index (κ2) is 4.99. The molecule has 1 aromatic rings. The number of likely N-dealkylation sites (tertiary alicyclic amines) is 1. The molecule has 1 amide bonds. The molecule has 2 heterocycles. The Hall–Kier alpha value is 0.0900. The van der Waals surface area contributed by atoms with Gasteiger partial charge in [0.15, 0.2) is 0 Å². The van der Waals surface area contributed by atoms with Crippen molar-refractivity contribution in [1.29, 1.82) is 0 Å². The number of carbonyl (C=O) groups excluding carboxylic acids is 1. The van der Waals surface area contributed by atoms with Crippen LogP contribution in [0.25, 0.3) is 0 Å². The normalized spacial score (nSPS) is 24.4. The lowest BCUT2D eigenvalue weighted by Crippen LogP contribution is -2.34. The number of amides is 1. The molecule has 1 aliphatic heterocycles. The first kappa shape index (κ1) is 13.5. The van der Waals surface area contributed by atoms with Gasteiger partial charge in [-0.3, -0.25) is 4.79 Å². The van der Waals surface area contributed by atoms with Crippen LogP contribution in [0.1, 0.15) is 23.7 Å². The molecule has 0 spiro atoms. The maximum absolute atomic E-state index is 12.3. The molecule has 1 fully saturated rings. The predicted molar refractivity (Wildman–Crippen MR) is 77.4 cm³/mol. The summed E-state index contributed by atoms with van der Waals surface area (Å²) in [4.78, 5) is 14.2. The first-order chi connectivity index (χ1) is 7.95. The minimum Gasteiger partial charge on any atom is -0.338 e. The minimum absolute atomic E-state index is 0.0788. The van der Waals surface area contributed by atoms with Crippen molar-refractivity contribution in [1.82, 2.24) is 4.90 Å². The van der Waals surface area contributed by atoms with Crippen LogP contribution in [0.2, 0.25) is 0 Å². The Balaban J connectivity index is 2.15. The summed E-state index contributed by atoms with van der Waals surface area (Å²) < 4.78 is 1.85. The van der Waals surface area contributed by atoms with E-state index in [0.717, 1.165) is 32.6 Å². The monoisotopic (exact) mass is 380 g/mol. The van der Waals surface area contributed by atoms with E-state index in [1.54, 1.807) is 0 Å². The second-order valence-corrected chi connectivity index (χ2v) is 8.48. The van der Waals surface area contributed by atoms with Gasteiger partial charge in [-0.2, -0.15) is 0 Å². The summed E-state index contributed by atoms with van der Waals surface area (Å²) in [6.07, 6.45) is 0.984. The van der Waals surface area contributed by atoms with Crippen LogP contribution in [0, 0.1) is 5.41 Å². The van der Waals surface area contributed by atoms with Crippen molar-refractivity contribution in [2.24, 2.45) is 11.1 Å². The Kier molecular flexibility index (Phi) is 3.97. The van der Waals surface area contributed by atoms with Crippen LogP contribution in [-0.2, 0) is 0 Å². The van der Waals surface area contributed by atoms with Gasteiger partial charge in [-0.05, 0) is 56.3 Å². The third kappa shape index (κ3) is 2.75. The molecule has 2 N–H and O–H groups in total.